The molecule has 86 valence electrons. The molecule has 1 aromatic heterocycles. The van der Waals surface area contributed by atoms with E-state index in [-0.39, 0.29) is 18.4 Å². The maximum atomic E-state index is 11.6. The van der Waals surface area contributed by atoms with E-state index in [9.17, 15) is 9.59 Å². The Hall–Kier alpha value is -1.85. The monoisotopic (exact) mass is 222 g/mol. The number of aromatic nitrogens is 2. The van der Waals surface area contributed by atoms with Crippen molar-refractivity contribution in [3.8, 4) is 0 Å². The van der Waals surface area contributed by atoms with Gasteiger partial charge >= 0.3 is 0 Å². The van der Waals surface area contributed by atoms with Crippen LogP contribution in [0, 0.1) is 5.92 Å². The minimum absolute atomic E-state index is 0.0577. The lowest BCUT2D eigenvalue weighted by atomic mass is 9.95. The molecule has 6 nitrogen and oxygen atoms in total. The van der Waals surface area contributed by atoms with E-state index < -0.39 is 11.8 Å². The van der Waals surface area contributed by atoms with Gasteiger partial charge < -0.3 is 10.6 Å². The Bertz CT molecular complexity index is 440. The zero-order chi connectivity index (χ0) is 11.9. The first-order valence-electron chi connectivity index (χ1n) is 5.04. The van der Waals surface area contributed by atoms with Crippen molar-refractivity contribution in [2.75, 3.05) is 7.05 Å². The summed E-state index contributed by atoms with van der Waals surface area (Å²) in [6, 6.07) is -0.279. The lowest BCUT2D eigenvalue weighted by Crippen LogP contribution is -2.30. The minimum Gasteiger partial charge on any atom is -0.369 e. The summed E-state index contributed by atoms with van der Waals surface area (Å²) in [6.07, 6.45) is 3.65. The molecule has 1 aromatic rings. The van der Waals surface area contributed by atoms with Gasteiger partial charge in [-0.05, 0) is 0 Å². The Morgan fingerprint density at radius 3 is 2.75 bits per heavy atom. The highest BCUT2D eigenvalue weighted by atomic mass is 16.2. The molecule has 1 aliphatic rings. The number of likely N-dealkylation sites (tertiary alicyclic amines) is 1. The lowest BCUT2D eigenvalue weighted by molar-refractivity contribution is -0.128. The number of carbonyl (C=O) groups excluding carboxylic acids is 2. The van der Waals surface area contributed by atoms with Crippen LogP contribution >= 0.6 is 0 Å². The largest absolute Gasteiger partial charge is 0.369 e. The highest BCUT2D eigenvalue weighted by Gasteiger charge is 2.42. The number of amides is 2. The predicted octanol–water partition coefficient (Wildman–Crippen LogP) is -0.575. The van der Waals surface area contributed by atoms with Crippen LogP contribution in [0.5, 0.6) is 0 Å². The fraction of sp³-hybridized carbons (Fsp3) is 0.500. The molecule has 2 N–H and O–H groups in total. The molecule has 2 heterocycles. The minimum atomic E-state index is -0.457. The molecule has 0 saturated carbocycles. The van der Waals surface area contributed by atoms with Crippen LogP contribution in [0.1, 0.15) is 18.0 Å². The van der Waals surface area contributed by atoms with E-state index in [1.165, 1.54) is 0 Å². The summed E-state index contributed by atoms with van der Waals surface area (Å²) in [5.74, 6) is -0.953. The van der Waals surface area contributed by atoms with Crippen LogP contribution in [0.25, 0.3) is 0 Å². The molecule has 16 heavy (non-hydrogen) atoms. The molecule has 0 spiro atoms. The number of nitrogens with zero attached hydrogens (tertiary/aromatic N) is 3. The second-order valence-electron chi connectivity index (χ2n) is 4.11. The van der Waals surface area contributed by atoms with Crippen LogP contribution in [0.15, 0.2) is 12.4 Å². The third kappa shape index (κ3) is 1.56. The fourth-order valence-electron chi connectivity index (χ4n) is 2.17. The van der Waals surface area contributed by atoms with Gasteiger partial charge in [-0.3, -0.25) is 14.3 Å². The van der Waals surface area contributed by atoms with E-state index in [0.717, 1.165) is 5.56 Å². The molecule has 1 aliphatic heterocycles. The molecule has 0 aromatic carbocycles. The summed E-state index contributed by atoms with van der Waals surface area (Å²) in [5, 5.41) is 4.04. The summed E-state index contributed by atoms with van der Waals surface area (Å²) in [5.41, 5.74) is 6.16. The van der Waals surface area contributed by atoms with Gasteiger partial charge in [0.05, 0.1) is 18.2 Å². The summed E-state index contributed by atoms with van der Waals surface area (Å²) in [6.45, 7) is 0. The lowest BCUT2D eigenvalue weighted by Gasteiger charge is -2.21. The second kappa shape index (κ2) is 3.62. The average Bonchev–Trinajstić information content (AvgIpc) is 2.73. The Morgan fingerprint density at radius 1 is 1.56 bits per heavy atom. The average molecular weight is 222 g/mol. The number of rotatable bonds is 2. The van der Waals surface area contributed by atoms with Gasteiger partial charge in [0.1, 0.15) is 0 Å². The molecule has 0 aliphatic carbocycles. The van der Waals surface area contributed by atoms with Gasteiger partial charge in [0.15, 0.2) is 0 Å². The zero-order valence-corrected chi connectivity index (χ0v) is 9.25. The molecule has 1 fully saturated rings. The van der Waals surface area contributed by atoms with E-state index in [2.05, 4.69) is 5.10 Å². The smallest absolute Gasteiger partial charge is 0.223 e. The van der Waals surface area contributed by atoms with E-state index in [1.54, 1.807) is 36.1 Å². The summed E-state index contributed by atoms with van der Waals surface area (Å²) >= 11 is 0. The van der Waals surface area contributed by atoms with Crippen LogP contribution in [-0.2, 0) is 16.6 Å². The molecule has 0 bridgehead atoms. The van der Waals surface area contributed by atoms with Crippen LogP contribution in [0.2, 0.25) is 0 Å². The zero-order valence-electron chi connectivity index (χ0n) is 9.25. The standard InChI is InChI=1S/C10H14N4O2/c1-13-5-6(4-12-13)9-7(10(11)16)3-8(15)14(9)2/h4-5,7,9H,3H2,1-2H3,(H2,11,16)/t7-,9+/m1/s1. The van der Waals surface area contributed by atoms with Crippen LogP contribution in [0.3, 0.4) is 0 Å². The van der Waals surface area contributed by atoms with Crippen molar-refractivity contribution in [2.24, 2.45) is 18.7 Å². The van der Waals surface area contributed by atoms with Gasteiger partial charge in [0.25, 0.3) is 0 Å². The van der Waals surface area contributed by atoms with Crippen molar-refractivity contribution in [2.45, 2.75) is 12.5 Å². The number of primary amides is 1. The predicted molar refractivity (Wildman–Crippen MR) is 56.0 cm³/mol. The molecule has 0 unspecified atom stereocenters. The Kier molecular flexibility index (Phi) is 2.41. The summed E-state index contributed by atoms with van der Waals surface area (Å²) in [7, 11) is 3.47. The third-order valence-electron chi connectivity index (χ3n) is 3.02. The molecule has 2 rings (SSSR count). The van der Waals surface area contributed by atoms with Gasteiger partial charge in [-0.2, -0.15) is 5.10 Å². The molecular weight excluding hydrogens is 208 g/mol. The molecule has 0 radical (unpaired) electrons. The van der Waals surface area contributed by atoms with Gasteiger partial charge in [-0.1, -0.05) is 0 Å². The third-order valence-corrected chi connectivity index (χ3v) is 3.02. The molecule has 6 heteroatoms. The Balaban J connectivity index is 2.36. The second-order valence-corrected chi connectivity index (χ2v) is 4.11. The SMILES string of the molecule is CN1C(=O)C[C@@H](C(N)=O)[C@@H]1c1cnn(C)c1. The maximum Gasteiger partial charge on any atom is 0.223 e. The summed E-state index contributed by atoms with van der Waals surface area (Å²) < 4.78 is 1.64. The first-order valence-corrected chi connectivity index (χ1v) is 5.04. The van der Waals surface area contributed by atoms with Gasteiger partial charge in [-0.25, -0.2) is 0 Å². The van der Waals surface area contributed by atoms with E-state index in [1.807, 2.05) is 0 Å². The highest BCUT2D eigenvalue weighted by molar-refractivity contribution is 5.89. The first-order chi connectivity index (χ1) is 7.50. The maximum absolute atomic E-state index is 11.6. The number of nitrogens with two attached hydrogens (primary N) is 1. The van der Waals surface area contributed by atoms with Crippen molar-refractivity contribution in [1.29, 1.82) is 0 Å². The molecule has 2 amide bonds. The van der Waals surface area contributed by atoms with Crippen LogP contribution in [-0.4, -0.2) is 33.5 Å². The fourth-order valence-corrected chi connectivity index (χ4v) is 2.17. The number of hydrogen-bond donors (Lipinski definition) is 1. The van der Waals surface area contributed by atoms with Crippen molar-refractivity contribution in [3.05, 3.63) is 18.0 Å². The van der Waals surface area contributed by atoms with Crippen LogP contribution < -0.4 is 5.73 Å². The topological polar surface area (TPSA) is 81.2 Å². The van der Waals surface area contributed by atoms with Crippen LogP contribution in [0.4, 0.5) is 0 Å². The molecule has 2 atom stereocenters. The molecular formula is C10H14N4O2. The summed E-state index contributed by atoms with van der Waals surface area (Å²) in [4.78, 5) is 24.4. The highest BCUT2D eigenvalue weighted by Crippen LogP contribution is 2.36. The van der Waals surface area contributed by atoms with E-state index in [4.69, 9.17) is 5.73 Å². The molecule has 1 saturated heterocycles. The quantitative estimate of drug-likeness (QED) is 0.727. The Morgan fingerprint density at radius 2 is 2.25 bits per heavy atom. The number of carbonyl (C=O) groups is 2. The Labute approximate surface area is 93.0 Å². The van der Waals surface area contributed by atoms with Gasteiger partial charge in [0.2, 0.25) is 11.8 Å². The van der Waals surface area contributed by atoms with E-state index >= 15 is 0 Å². The van der Waals surface area contributed by atoms with Gasteiger partial charge in [0, 0.05) is 32.3 Å². The van der Waals surface area contributed by atoms with Crippen molar-refractivity contribution < 1.29 is 9.59 Å². The van der Waals surface area contributed by atoms with Crippen molar-refractivity contribution in [3.63, 3.8) is 0 Å². The van der Waals surface area contributed by atoms with E-state index in [0.29, 0.717) is 0 Å². The number of aryl methyl sites for hydroxylation is 1. The first kappa shape index (κ1) is 10.7. The van der Waals surface area contributed by atoms with Crippen molar-refractivity contribution >= 4 is 11.8 Å². The number of hydrogen-bond acceptors (Lipinski definition) is 3. The normalized spacial score (nSPS) is 25.1. The van der Waals surface area contributed by atoms with Crippen molar-refractivity contribution in [1.82, 2.24) is 14.7 Å². The van der Waals surface area contributed by atoms with Gasteiger partial charge in [-0.15, -0.1) is 0 Å².